The largest absolute Gasteiger partial charge is 0.324 e. The van der Waals surface area contributed by atoms with Crippen LogP contribution >= 0.6 is 0 Å². The zero-order chi connectivity index (χ0) is 20.3. The van der Waals surface area contributed by atoms with Gasteiger partial charge in [0.05, 0.1) is 18.3 Å². The summed E-state index contributed by atoms with van der Waals surface area (Å²) in [6.07, 6.45) is 14.5. The van der Waals surface area contributed by atoms with Crippen LogP contribution in [0.2, 0.25) is 0 Å². The maximum atomic E-state index is 6.49. The van der Waals surface area contributed by atoms with Crippen molar-refractivity contribution in [1.82, 2.24) is 0 Å². The van der Waals surface area contributed by atoms with Gasteiger partial charge in [-0.25, -0.2) is 0 Å². The number of rotatable bonds is 15. The van der Waals surface area contributed by atoms with Crippen LogP contribution in [0.25, 0.3) is 0 Å². The second kappa shape index (κ2) is 13.2. The van der Waals surface area contributed by atoms with Crippen LogP contribution in [0.15, 0.2) is 0 Å². The Bertz CT molecular complexity index is 332. The molecule has 1 aliphatic carbocycles. The van der Waals surface area contributed by atoms with Crippen molar-refractivity contribution in [3.8, 4) is 0 Å². The van der Waals surface area contributed by atoms with Gasteiger partial charge in [0.2, 0.25) is 0 Å². The minimum absolute atomic E-state index is 0.0796. The van der Waals surface area contributed by atoms with E-state index in [0.29, 0.717) is 11.8 Å². The molecule has 1 saturated carbocycles. The highest BCUT2D eigenvalue weighted by molar-refractivity contribution is 4.84. The van der Waals surface area contributed by atoms with Gasteiger partial charge in [0.15, 0.2) is 0 Å². The molecule has 0 heterocycles. The summed E-state index contributed by atoms with van der Waals surface area (Å²) in [4.78, 5) is 0. The number of ether oxygens (including phenoxy) is 3. The van der Waals surface area contributed by atoms with Crippen LogP contribution in [-0.2, 0) is 14.2 Å². The monoisotopic (exact) mass is 384 g/mol. The van der Waals surface area contributed by atoms with Crippen LogP contribution in [-0.4, -0.2) is 24.3 Å². The maximum Gasteiger partial charge on any atom is 0.286 e. The minimum atomic E-state index is -0.908. The second-order valence-corrected chi connectivity index (χ2v) is 9.31. The third-order valence-corrected chi connectivity index (χ3v) is 5.49. The first-order chi connectivity index (χ1) is 12.8. The SMILES string of the molecule is CCCCCCCCC(C1CCCC1)C(OC(C)C)(OC(C)C)OC(C)C. The fraction of sp³-hybridized carbons (Fsp3) is 1.00. The molecule has 162 valence electrons. The van der Waals surface area contributed by atoms with Gasteiger partial charge in [-0.15, -0.1) is 0 Å². The van der Waals surface area contributed by atoms with Gasteiger partial charge in [-0.05, 0) is 66.7 Å². The molecule has 0 aromatic carbocycles. The third-order valence-electron chi connectivity index (χ3n) is 5.49. The van der Waals surface area contributed by atoms with Crippen LogP contribution in [0.4, 0.5) is 0 Å². The Morgan fingerprint density at radius 2 is 1.15 bits per heavy atom. The summed E-state index contributed by atoms with van der Waals surface area (Å²) >= 11 is 0. The molecular formula is C24H48O3. The molecule has 1 atom stereocenters. The van der Waals surface area contributed by atoms with Gasteiger partial charge in [-0.3, -0.25) is 0 Å². The molecule has 1 fully saturated rings. The first-order valence-electron chi connectivity index (χ1n) is 11.8. The summed E-state index contributed by atoms with van der Waals surface area (Å²) < 4.78 is 19.5. The van der Waals surface area contributed by atoms with Crippen LogP contribution in [0, 0.1) is 11.8 Å². The summed E-state index contributed by atoms with van der Waals surface area (Å²) in [6, 6.07) is 0. The zero-order valence-corrected chi connectivity index (χ0v) is 19.4. The van der Waals surface area contributed by atoms with E-state index < -0.39 is 5.97 Å². The van der Waals surface area contributed by atoms with Gasteiger partial charge in [0, 0.05) is 5.92 Å². The fourth-order valence-electron chi connectivity index (χ4n) is 4.54. The molecule has 0 bridgehead atoms. The zero-order valence-electron chi connectivity index (χ0n) is 19.4. The standard InChI is InChI=1S/C24H48O3/c1-8-9-10-11-12-13-18-23(22-16-14-15-17-22)24(25-19(2)3,26-20(4)5)27-21(6)7/h19-23H,8-18H2,1-7H3. The normalized spacial score (nSPS) is 17.6. The summed E-state index contributed by atoms with van der Waals surface area (Å²) in [7, 11) is 0. The molecule has 0 radical (unpaired) electrons. The lowest BCUT2D eigenvalue weighted by Gasteiger charge is -2.45. The lowest BCUT2D eigenvalue weighted by molar-refractivity contribution is -0.437. The van der Waals surface area contributed by atoms with Crippen LogP contribution in [0.5, 0.6) is 0 Å². The highest BCUT2D eigenvalue weighted by Gasteiger charge is 2.48. The van der Waals surface area contributed by atoms with E-state index in [1.807, 2.05) is 0 Å². The Morgan fingerprint density at radius 1 is 0.704 bits per heavy atom. The average Bonchev–Trinajstić information content (AvgIpc) is 3.05. The van der Waals surface area contributed by atoms with Gasteiger partial charge in [0.25, 0.3) is 5.97 Å². The van der Waals surface area contributed by atoms with E-state index in [9.17, 15) is 0 Å². The van der Waals surface area contributed by atoms with E-state index in [1.165, 1.54) is 64.2 Å². The van der Waals surface area contributed by atoms with Crippen molar-refractivity contribution in [3.05, 3.63) is 0 Å². The van der Waals surface area contributed by atoms with E-state index in [2.05, 4.69) is 48.5 Å². The van der Waals surface area contributed by atoms with E-state index in [1.54, 1.807) is 0 Å². The smallest absolute Gasteiger partial charge is 0.286 e. The number of unbranched alkanes of at least 4 members (excludes halogenated alkanes) is 5. The molecule has 27 heavy (non-hydrogen) atoms. The highest BCUT2D eigenvalue weighted by atomic mass is 16.9. The average molecular weight is 385 g/mol. The Balaban J connectivity index is 2.95. The molecule has 0 aliphatic heterocycles. The predicted octanol–water partition coefficient (Wildman–Crippen LogP) is 7.47. The molecule has 0 spiro atoms. The minimum Gasteiger partial charge on any atom is -0.324 e. The predicted molar refractivity (Wildman–Crippen MR) is 115 cm³/mol. The van der Waals surface area contributed by atoms with Crippen molar-refractivity contribution in [2.45, 2.75) is 143 Å². The van der Waals surface area contributed by atoms with E-state index in [4.69, 9.17) is 14.2 Å². The number of hydrogen-bond acceptors (Lipinski definition) is 3. The fourth-order valence-corrected chi connectivity index (χ4v) is 4.54. The van der Waals surface area contributed by atoms with Crippen molar-refractivity contribution in [1.29, 1.82) is 0 Å². The lowest BCUT2D eigenvalue weighted by atomic mass is 9.83. The molecule has 3 nitrogen and oxygen atoms in total. The lowest BCUT2D eigenvalue weighted by Crippen LogP contribution is -2.52. The molecule has 3 heteroatoms. The van der Waals surface area contributed by atoms with Crippen LogP contribution < -0.4 is 0 Å². The molecule has 0 N–H and O–H groups in total. The van der Waals surface area contributed by atoms with Gasteiger partial charge in [0.1, 0.15) is 0 Å². The van der Waals surface area contributed by atoms with Crippen molar-refractivity contribution in [3.63, 3.8) is 0 Å². The number of hydrogen-bond donors (Lipinski definition) is 0. The maximum absolute atomic E-state index is 6.49. The van der Waals surface area contributed by atoms with E-state index >= 15 is 0 Å². The molecule has 1 rings (SSSR count). The summed E-state index contributed by atoms with van der Waals surface area (Å²) in [5, 5.41) is 0. The summed E-state index contributed by atoms with van der Waals surface area (Å²) in [6.45, 7) is 14.9. The third kappa shape index (κ3) is 9.28. The first-order valence-corrected chi connectivity index (χ1v) is 11.8. The molecule has 0 saturated heterocycles. The van der Waals surface area contributed by atoms with Gasteiger partial charge in [-0.1, -0.05) is 58.3 Å². The molecule has 0 aromatic rings. The van der Waals surface area contributed by atoms with Crippen molar-refractivity contribution < 1.29 is 14.2 Å². The summed E-state index contributed by atoms with van der Waals surface area (Å²) in [5.41, 5.74) is 0. The van der Waals surface area contributed by atoms with Crippen LogP contribution in [0.1, 0.15) is 119 Å². The molecule has 1 unspecified atom stereocenters. The van der Waals surface area contributed by atoms with Gasteiger partial charge < -0.3 is 14.2 Å². The van der Waals surface area contributed by atoms with Crippen molar-refractivity contribution in [2.75, 3.05) is 0 Å². The van der Waals surface area contributed by atoms with Crippen LogP contribution in [0.3, 0.4) is 0 Å². The quantitative estimate of drug-likeness (QED) is 0.216. The molecule has 0 amide bonds. The highest BCUT2D eigenvalue weighted by Crippen LogP contribution is 2.44. The molecular weight excluding hydrogens is 336 g/mol. The Kier molecular flexibility index (Phi) is 12.2. The molecule has 0 aromatic heterocycles. The molecule has 1 aliphatic rings. The topological polar surface area (TPSA) is 27.7 Å². The first kappa shape index (κ1) is 24.9. The van der Waals surface area contributed by atoms with Gasteiger partial charge >= 0.3 is 0 Å². The Hall–Kier alpha value is -0.120. The van der Waals surface area contributed by atoms with E-state index in [-0.39, 0.29) is 18.3 Å². The van der Waals surface area contributed by atoms with Gasteiger partial charge in [-0.2, -0.15) is 0 Å². The van der Waals surface area contributed by atoms with Crippen molar-refractivity contribution in [2.24, 2.45) is 11.8 Å². The second-order valence-electron chi connectivity index (χ2n) is 9.31. The Morgan fingerprint density at radius 3 is 1.59 bits per heavy atom. The Labute approximate surface area is 169 Å². The summed E-state index contributed by atoms with van der Waals surface area (Å²) in [5.74, 6) is 0.0600. The van der Waals surface area contributed by atoms with Crippen molar-refractivity contribution >= 4 is 0 Å². The van der Waals surface area contributed by atoms with E-state index in [0.717, 1.165) is 6.42 Å².